The van der Waals surface area contributed by atoms with Crippen molar-refractivity contribution in [2.24, 2.45) is 24.3 Å². The van der Waals surface area contributed by atoms with E-state index in [1.807, 2.05) is 20.0 Å². The fourth-order valence-corrected chi connectivity index (χ4v) is 6.28. The highest BCUT2D eigenvalue weighted by Crippen LogP contribution is 2.41. The minimum Gasteiger partial charge on any atom is -0.477 e. The van der Waals surface area contributed by atoms with Crippen molar-refractivity contribution in [2.45, 2.75) is 59.0 Å². The van der Waals surface area contributed by atoms with Gasteiger partial charge in [-0.2, -0.15) is 5.10 Å². The van der Waals surface area contributed by atoms with Crippen molar-refractivity contribution in [3.63, 3.8) is 0 Å². The highest BCUT2D eigenvalue weighted by atomic mass is 16.5. The van der Waals surface area contributed by atoms with Gasteiger partial charge in [-0.05, 0) is 81.7 Å². The molecule has 2 atom stereocenters. The molecule has 2 N–H and O–H groups in total. The Morgan fingerprint density at radius 2 is 1.95 bits per heavy atom. The highest BCUT2D eigenvalue weighted by molar-refractivity contribution is 6.05. The Hall–Kier alpha value is -3.92. The van der Waals surface area contributed by atoms with Gasteiger partial charge < -0.3 is 19.4 Å². The maximum atomic E-state index is 13.7. The molecule has 2 unspecified atom stereocenters. The SMILES string of the molecule is Cc1cc2cc(n1)-c1cnn(C)c1OCCCC(C1CC1)Cn1c(nc3cc(NC(C)C4(C)COC4)ccc31)NC2=O. The molecule has 220 valence electrons. The first kappa shape index (κ1) is 26.9. The molecule has 10 nitrogen and oxygen atoms in total. The van der Waals surface area contributed by atoms with Gasteiger partial charge in [0, 0.05) is 42.0 Å². The van der Waals surface area contributed by atoms with Crippen LogP contribution in [0.25, 0.3) is 22.3 Å². The summed E-state index contributed by atoms with van der Waals surface area (Å²) in [4.78, 5) is 23.4. The number of imidazole rings is 1. The number of hydrogen-bond donors (Lipinski definition) is 2. The minimum absolute atomic E-state index is 0.120. The first-order chi connectivity index (χ1) is 20.3. The minimum atomic E-state index is -0.215. The largest absolute Gasteiger partial charge is 0.477 e. The Kier molecular flexibility index (Phi) is 6.68. The van der Waals surface area contributed by atoms with Crippen LogP contribution in [0.5, 0.6) is 5.88 Å². The Morgan fingerprint density at radius 3 is 2.71 bits per heavy atom. The third kappa shape index (κ3) is 5.02. The lowest BCUT2D eigenvalue weighted by Crippen LogP contribution is -2.50. The molecule has 1 saturated heterocycles. The number of aryl methyl sites for hydroxylation is 2. The second-order valence-electron chi connectivity index (χ2n) is 12.7. The topological polar surface area (TPSA) is 108 Å². The van der Waals surface area contributed by atoms with E-state index >= 15 is 0 Å². The van der Waals surface area contributed by atoms with Crippen LogP contribution in [-0.2, 0) is 18.3 Å². The van der Waals surface area contributed by atoms with Gasteiger partial charge in [0.05, 0.1) is 48.3 Å². The van der Waals surface area contributed by atoms with Crippen LogP contribution < -0.4 is 15.4 Å². The molecule has 2 aliphatic heterocycles. The second-order valence-corrected chi connectivity index (χ2v) is 12.7. The molecule has 1 saturated carbocycles. The summed E-state index contributed by atoms with van der Waals surface area (Å²) in [7, 11) is 1.87. The number of carbonyl (C=O) groups is 1. The molecular formula is C32H39N7O3. The molecule has 1 aromatic carbocycles. The number of aromatic nitrogens is 5. The monoisotopic (exact) mass is 569 g/mol. The number of anilines is 2. The summed E-state index contributed by atoms with van der Waals surface area (Å²) in [6.07, 6.45) is 6.22. The Labute approximate surface area is 245 Å². The van der Waals surface area contributed by atoms with Crippen molar-refractivity contribution < 1.29 is 14.3 Å². The highest BCUT2D eigenvalue weighted by Gasteiger charge is 2.39. The number of pyridine rings is 1. The average molecular weight is 570 g/mol. The van der Waals surface area contributed by atoms with Gasteiger partial charge in [0.15, 0.2) is 0 Å². The summed E-state index contributed by atoms with van der Waals surface area (Å²) >= 11 is 0. The zero-order valence-electron chi connectivity index (χ0n) is 24.8. The van der Waals surface area contributed by atoms with Crippen LogP contribution in [0.15, 0.2) is 36.5 Å². The lowest BCUT2D eigenvalue weighted by molar-refractivity contribution is -0.108. The molecule has 3 aliphatic rings. The molecule has 3 aromatic heterocycles. The maximum Gasteiger partial charge on any atom is 0.258 e. The molecular weight excluding hydrogens is 530 g/mol. The Balaban J connectivity index is 1.27. The standard InChI is InChI=1S/C32H39N7O3/c1-19-12-23-13-26(34-19)25-15-33-38(4)30(25)42-11-5-6-22(21-7-8-21)16-39-28-10-9-24(35-20(2)32(3)17-41-18-32)14-27(28)36-31(39)37-29(23)40/h9-10,12-15,20-22,35H,5-8,11,16-18H2,1-4H3,(H,36,37,40). The van der Waals surface area contributed by atoms with Crippen molar-refractivity contribution in [3.05, 3.63) is 47.8 Å². The van der Waals surface area contributed by atoms with Crippen LogP contribution in [0.3, 0.4) is 0 Å². The number of carbonyl (C=O) groups excluding carboxylic acids is 1. The molecule has 42 heavy (non-hydrogen) atoms. The lowest BCUT2D eigenvalue weighted by atomic mass is 9.81. The number of nitrogens with zero attached hydrogens (tertiary/aromatic N) is 5. The quantitative estimate of drug-likeness (QED) is 0.338. The number of benzene rings is 1. The number of nitrogens with one attached hydrogen (secondary N) is 2. The summed E-state index contributed by atoms with van der Waals surface area (Å²) in [6, 6.07) is 10.2. The molecule has 1 aliphatic carbocycles. The van der Waals surface area contributed by atoms with Crippen LogP contribution in [0.1, 0.15) is 55.6 Å². The van der Waals surface area contributed by atoms with Gasteiger partial charge in [-0.15, -0.1) is 0 Å². The molecule has 5 heterocycles. The normalized spacial score (nSPS) is 21.1. The number of rotatable bonds is 4. The number of ether oxygens (including phenoxy) is 2. The summed E-state index contributed by atoms with van der Waals surface area (Å²) in [6.45, 7) is 9.27. The van der Waals surface area contributed by atoms with Crippen LogP contribution in [0.2, 0.25) is 0 Å². The molecule has 7 rings (SSSR count). The number of hydrogen-bond acceptors (Lipinski definition) is 7. The van der Waals surface area contributed by atoms with Crippen molar-refractivity contribution in [1.82, 2.24) is 24.3 Å². The Morgan fingerprint density at radius 1 is 1.12 bits per heavy atom. The maximum absolute atomic E-state index is 13.7. The van der Waals surface area contributed by atoms with E-state index in [2.05, 4.69) is 52.3 Å². The molecule has 2 fully saturated rings. The van der Waals surface area contributed by atoms with Gasteiger partial charge in [-0.3, -0.25) is 15.1 Å². The van der Waals surface area contributed by atoms with Gasteiger partial charge in [0.1, 0.15) is 0 Å². The number of fused-ring (bicyclic) bond motifs is 7. The predicted molar refractivity (Wildman–Crippen MR) is 162 cm³/mol. The van der Waals surface area contributed by atoms with Crippen LogP contribution >= 0.6 is 0 Å². The molecule has 0 radical (unpaired) electrons. The first-order valence-corrected chi connectivity index (χ1v) is 15.1. The summed E-state index contributed by atoms with van der Waals surface area (Å²) in [5.74, 6) is 2.19. The summed E-state index contributed by atoms with van der Waals surface area (Å²) in [5.41, 5.74) is 5.74. The van der Waals surface area contributed by atoms with E-state index in [0.717, 1.165) is 60.6 Å². The van der Waals surface area contributed by atoms with Gasteiger partial charge in [0.2, 0.25) is 11.8 Å². The second kappa shape index (κ2) is 10.4. The van der Waals surface area contributed by atoms with Crippen LogP contribution in [0, 0.1) is 24.2 Å². The zero-order valence-corrected chi connectivity index (χ0v) is 24.8. The third-order valence-corrected chi connectivity index (χ3v) is 9.31. The molecule has 2 bridgehead atoms. The Bertz CT molecular complexity index is 1650. The van der Waals surface area contributed by atoms with E-state index in [-0.39, 0.29) is 17.4 Å². The molecule has 10 heteroatoms. The van der Waals surface area contributed by atoms with E-state index in [9.17, 15) is 4.79 Å². The number of amides is 1. The van der Waals surface area contributed by atoms with Gasteiger partial charge in [-0.1, -0.05) is 6.92 Å². The van der Waals surface area contributed by atoms with E-state index in [1.165, 1.54) is 12.8 Å². The summed E-state index contributed by atoms with van der Waals surface area (Å²) < 4.78 is 15.7. The summed E-state index contributed by atoms with van der Waals surface area (Å²) in [5, 5.41) is 11.2. The van der Waals surface area contributed by atoms with E-state index < -0.39 is 0 Å². The predicted octanol–water partition coefficient (Wildman–Crippen LogP) is 5.43. The zero-order chi connectivity index (χ0) is 29.0. The first-order valence-electron chi connectivity index (χ1n) is 15.1. The molecule has 0 spiro atoms. The van der Waals surface area contributed by atoms with E-state index in [4.69, 9.17) is 19.4 Å². The van der Waals surface area contributed by atoms with Crippen molar-refractivity contribution in [2.75, 3.05) is 30.5 Å². The van der Waals surface area contributed by atoms with E-state index in [0.29, 0.717) is 41.5 Å². The fraction of sp³-hybridized carbons (Fsp3) is 0.500. The average Bonchev–Trinajstić information content (AvgIpc) is 3.65. The van der Waals surface area contributed by atoms with Gasteiger partial charge in [-0.25, -0.2) is 9.67 Å². The molecule has 4 aromatic rings. The van der Waals surface area contributed by atoms with Crippen molar-refractivity contribution >= 4 is 28.6 Å². The fourth-order valence-electron chi connectivity index (χ4n) is 6.28. The smallest absolute Gasteiger partial charge is 0.258 e. The van der Waals surface area contributed by atoms with Crippen molar-refractivity contribution in [3.8, 4) is 17.1 Å². The van der Waals surface area contributed by atoms with Gasteiger partial charge in [0.25, 0.3) is 5.91 Å². The van der Waals surface area contributed by atoms with Gasteiger partial charge >= 0.3 is 0 Å². The third-order valence-electron chi connectivity index (χ3n) is 9.31. The van der Waals surface area contributed by atoms with Crippen LogP contribution in [-0.4, -0.2) is 56.1 Å². The molecule has 1 amide bonds. The van der Waals surface area contributed by atoms with Crippen molar-refractivity contribution in [1.29, 1.82) is 0 Å². The van der Waals surface area contributed by atoms with E-state index in [1.54, 1.807) is 16.9 Å². The lowest BCUT2D eigenvalue weighted by Gasteiger charge is -2.43. The van der Waals surface area contributed by atoms with Crippen LogP contribution in [0.4, 0.5) is 11.6 Å².